The van der Waals surface area contributed by atoms with Crippen LogP contribution in [0.15, 0.2) is 47.4 Å². The average Bonchev–Trinajstić information content (AvgIpc) is 3.08. The van der Waals surface area contributed by atoms with Gasteiger partial charge in [0.05, 0.1) is 10.8 Å². The van der Waals surface area contributed by atoms with Crippen LogP contribution in [0.5, 0.6) is 0 Å². The molecule has 2 aliphatic heterocycles. The standard InChI is InChI=1S/C23H26N2O4S/c1-16-5-7-17(8-6-16)14-24-15-19(13-22(24)26)23(27)25-11-3-4-18-12-20(30(2,28)29)9-10-21(18)25/h5-10,12,19H,3-4,11,13-15H2,1-2H3. The first-order valence-corrected chi connectivity index (χ1v) is 12.1. The molecule has 1 atom stereocenters. The number of nitrogens with zero attached hydrogens (tertiary/aromatic N) is 2. The van der Waals surface area contributed by atoms with Crippen LogP contribution in [-0.4, -0.2) is 44.5 Å². The molecule has 1 saturated heterocycles. The van der Waals surface area contributed by atoms with E-state index in [9.17, 15) is 18.0 Å². The van der Waals surface area contributed by atoms with Gasteiger partial charge in [0.25, 0.3) is 0 Å². The molecule has 0 radical (unpaired) electrons. The van der Waals surface area contributed by atoms with Crippen molar-refractivity contribution in [2.75, 3.05) is 24.2 Å². The van der Waals surface area contributed by atoms with E-state index in [-0.39, 0.29) is 29.0 Å². The van der Waals surface area contributed by atoms with Gasteiger partial charge in [-0.15, -0.1) is 0 Å². The Kier molecular flexibility index (Phi) is 5.40. The number of hydrogen-bond acceptors (Lipinski definition) is 4. The Morgan fingerprint density at radius 3 is 2.57 bits per heavy atom. The Morgan fingerprint density at radius 1 is 1.13 bits per heavy atom. The SMILES string of the molecule is Cc1ccc(CN2CC(C(=O)N3CCCc4cc(S(C)(=O)=O)ccc43)CC2=O)cc1. The van der Waals surface area contributed by atoms with Crippen molar-refractivity contribution in [3.05, 3.63) is 59.2 Å². The zero-order valence-corrected chi connectivity index (χ0v) is 18.1. The van der Waals surface area contributed by atoms with Gasteiger partial charge < -0.3 is 9.80 Å². The summed E-state index contributed by atoms with van der Waals surface area (Å²) in [4.78, 5) is 29.6. The minimum atomic E-state index is -3.29. The maximum atomic E-state index is 13.3. The Labute approximate surface area is 177 Å². The number of likely N-dealkylation sites (tertiary alicyclic amines) is 1. The highest BCUT2D eigenvalue weighted by Gasteiger charge is 2.38. The van der Waals surface area contributed by atoms with Gasteiger partial charge in [0.2, 0.25) is 11.8 Å². The van der Waals surface area contributed by atoms with Crippen LogP contribution in [0.1, 0.15) is 29.5 Å². The molecule has 2 aliphatic rings. The van der Waals surface area contributed by atoms with Crippen LogP contribution >= 0.6 is 0 Å². The minimum absolute atomic E-state index is 0.00131. The molecule has 6 nitrogen and oxygen atoms in total. The van der Waals surface area contributed by atoms with Crippen molar-refractivity contribution in [3.63, 3.8) is 0 Å². The highest BCUT2D eigenvalue weighted by Crippen LogP contribution is 2.32. The molecule has 0 aromatic heterocycles. The molecule has 1 unspecified atom stereocenters. The first kappa shape index (κ1) is 20.6. The maximum Gasteiger partial charge on any atom is 0.232 e. The van der Waals surface area contributed by atoms with Gasteiger partial charge in [-0.05, 0) is 49.1 Å². The van der Waals surface area contributed by atoms with Crippen molar-refractivity contribution < 1.29 is 18.0 Å². The van der Waals surface area contributed by atoms with Gasteiger partial charge >= 0.3 is 0 Å². The normalized spacial score (nSPS) is 19.1. The van der Waals surface area contributed by atoms with Crippen LogP contribution in [0.3, 0.4) is 0 Å². The molecular weight excluding hydrogens is 400 g/mol. The predicted molar refractivity (Wildman–Crippen MR) is 115 cm³/mol. The monoisotopic (exact) mass is 426 g/mol. The van der Waals surface area contributed by atoms with E-state index in [1.165, 1.54) is 11.8 Å². The summed E-state index contributed by atoms with van der Waals surface area (Å²) in [6.07, 6.45) is 2.93. The highest BCUT2D eigenvalue weighted by molar-refractivity contribution is 7.90. The van der Waals surface area contributed by atoms with Crippen LogP contribution in [0.25, 0.3) is 0 Å². The Hall–Kier alpha value is -2.67. The lowest BCUT2D eigenvalue weighted by molar-refractivity contribution is -0.128. The first-order chi connectivity index (χ1) is 14.2. The third-order valence-corrected chi connectivity index (χ3v) is 7.03. The first-order valence-electron chi connectivity index (χ1n) is 10.2. The van der Waals surface area contributed by atoms with Crippen molar-refractivity contribution in [2.45, 2.75) is 37.6 Å². The molecule has 0 saturated carbocycles. The number of fused-ring (bicyclic) bond motifs is 1. The number of carbonyl (C=O) groups excluding carboxylic acids is 2. The lowest BCUT2D eigenvalue weighted by atomic mass is 9.99. The fourth-order valence-electron chi connectivity index (χ4n) is 4.26. The second-order valence-electron chi connectivity index (χ2n) is 8.32. The van der Waals surface area contributed by atoms with Crippen LogP contribution < -0.4 is 4.90 Å². The van der Waals surface area contributed by atoms with Crippen molar-refractivity contribution >= 4 is 27.3 Å². The van der Waals surface area contributed by atoms with Gasteiger partial charge in [0.15, 0.2) is 9.84 Å². The number of aryl methyl sites for hydroxylation is 2. The summed E-state index contributed by atoms with van der Waals surface area (Å²) < 4.78 is 23.7. The van der Waals surface area contributed by atoms with E-state index in [1.54, 1.807) is 28.0 Å². The van der Waals surface area contributed by atoms with E-state index in [1.807, 2.05) is 31.2 Å². The topological polar surface area (TPSA) is 74.8 Å². The number of rotatable bonds is 4. The zero-order valence-electron chi connectivity index (χ0n) is 17.3. The molecule has 0 bridgehead atoms. The molecule has 7 heteroatoms. The number of carbonyl (C=O) groups is 2. The van der Waals surface area contributed by atoms with Crippen LogP contribution in [0.4, 0.5) is 5.69 Å². The lowest BCUT2D eigenvalue weighted by Gasteiger charge is -2.31. The average molecular weight is 427 g/mol. The van der Waals surface area contributed by atoms with Crippen LogP contribution in [0, 0.1) is 12.8 Å². The molecule has 1 fully saturated rings. The Balaban J connectivity index is 1.50. The molecule has 2 aromatic rings. The van der Waals surface area contributed by atoms with Gasteiger partial charge in [-0.3, -0.25) is 9.59 Å². The molecule has 0 spiro atoms. The lowest BCUT2D eigenvalue weighted by Crippen LogP contribution is -2.40. The van der Waals surface area contributed by atoms with E-state index < -0.39 is 9.84 Å². The largest absolute Gasteiger partial charge is 0.338 e. The minimum Gasteiger partial charge on any atom is -0.338 e. The number of amides is 2. The third-order valence-electron chi connectivity index (χ3n) is 5.92. The van der Waals surface area contributed by atoms with Crippen molar-refractivity contribution in [3.8, 4) is 0 Å². The van der Waals surface area contributed by atoms with Gasteiger partial charge in [0, 0.05) is 38.0 Å². The molecule has 4 rings (SSSR count). The smallest absolute Gasteiger partial charge is 0.232 e. The third kappa shape index (κ3) is 4.12. The van der Waals surface area contributed by atoms with Gasteiger partial charge in [-0.2, -0.15) is 0 Å². The highest BCUT2D eigenvalue weighted by atomic mass is 32.2. The molecule has 2 heterocycles. The van der Waals surface area contributed by atoms with Crippen LogP contribution in [-0.2, 0) is 32.4 Å². The molecule has 30 heavy (non-hydrogen) atoms. The van der Waals surface area contributed by atoms with E-state index in [0.717, 1.165) is 29.7 Å². The van der Waals surface area contributed by atoms with Crippen LogP contribution in [0.2, 0.25) is 0 Å². The summed E-state index contributed by atoms with van der Waals surface area (Å²) in [5, 5.41) is 0. The quantitative estimate of drug-likeness (QED) is 0.753. The summed E-state index contributed by atoms with van der Waals surface area (Å²) in [5.74, 6) is -0.426. The van der Waals surface area contributed by atoms with Crippen molar-refractivity contribution in [1.29, 1.82) is 0 Å². The molecule has 158 valence electrons. The summed E-state index contributed by atoms with van der Waals surface area (Å²) in [7, 11) is -3.29. The van der Waals surface area contributed by atoms with Gasteiger partial charge in [-0.1, -0.05) is 29.8 Å². The van der Waals surface area contributed by atoms with E-state index in [4.69, 9.17) is 0 Å². The zero-order chi connectivity index (χ0) is 21.5. The van der Waals surface area contributed by atoms with Crippen molar-refractivity contribution in [1.82, 2.24) is 4.90 Å². The fourth-order valence-corrected chi connectivity index (χ4v) is 4.93. The Bertz CT molecular complexity index is 1090. The van der Waals surface area contributed by atoms with Crippen molar-refractivity contribution in [2.24, 2.45) is 5.92 Å². The predicted octanol–water partition coefficient (Wildman–Crippen LogP) is 2.73. The van der Waals surface area contributed by atoms with Gasteiger partial charge in [-0.25, -0.2) is 8.42 Å². The molecular formula is C23H26N2O4S. The molecule has 2 aromatic carbocycles. The second-order valence-corrected chi connectivity index (χ2v) is 10.3. The summed E-state index contributed by atoms with van der Waals surface area (Å²) in [6, 6.07) is 13.0. The number of benzene rings is 2. The number of hydrogen-bond donors (Lipinski definition) is 0. The van der Waals surface area contributed by atoms with E-state index in [0.29, 0.717) is 19.6 Å². The van der Waals surface area contributed by atoms with E-state index in [2.05, 4.69) is 0 Å². The van der Waals surface area contributed by atoms with Gasteiger partial charge in [0.1, 0.15) is 0 Å². The Morgan fingerprint density at radius 2 is 1.87 bits per heavy atom. The summed E-state index contributed by atoms with van der Waals surface area (Å²) in [6.45, 7) is 3.54. The number of anilines is 1. The number of sulfone groups is 1. The summed E-state index contributed by atoms with van der Waals surface area (Å²) >= 11 is 0. The molecule has 2 amide bonds. The maximum absolute atomic E-state index is 13.3. The van der Waals surface area contributed by atoms with E-state index >= 15 is 0 Å². The molecule has 0 aliphatic carbocycles. The second kappa shape index (κ2) is 7.87. The summed E-state index contributed by atoms with van der Waals surface area (Å²) in [5.41, 5.74) is 3.86. The molecule has 0 N–H and O–H groups in total. The fraction of sp³-hybridized carbons (Fsp3) is 0.391.